The molecule has 35 heavy (non-hydrogen) atoms. The standard InChI is InChI=1S/C26H28N2O2S.C4H6/c1-20-3-11-24(12-4-20)31-25-13-5-21(6-14-25)19-26(29)28-17-15-27(16-18-28)22-7-9-23(30-2)10-8-22;1-3-4-2/h3-14H,15-19H2,1-2H3;3-4H,1-2H2. The molecule has 1 aliphatic heterocycles. The predicted molar refractivity (Wildman–Crippen MR) is 148 cm³/mol. The van der Waals surface area contributed by atoms with Gasteiger partial charge in [0.2, 0.25) is 5.91 Å². The molecule has 1 fully saturated rings. The Balaban J connectivity index is 0.000000795. The van der Waals surface area contributed by atoms with Crippen molar-refractivity contribution in [2.75, 3.05) is 38.2 Å². The minimum atomic E-state index is 0.202. The van der Waals surface area contributed by atoms with Crippen LogP contribution in [0.4, 0.5) is 5.69 Å². The SMILES string of the molecule is C=CC=C.COc1ccc(N2CCN(C(=O)Cc3ccc(Sc4ccc(C)cc4)cc3)CC2)cc1. The van der Waals surface area contributed by atoms with E-state index in [9.17, 15) is 4.79 Å². The van der Waals surface area contributed by atoms with Crippen molar-refractivity contribution in [2.45, 2.75) is 23.1 Å². The number of nitrogens with zero attached hydrogens (tertiary/aromatic N) is 2. The first-order valence-corrected chi connectivity index (χ1v) is 12.6. The van der Waals surface area contributed by atoms with Gasteiger partial charge in [-0.2, -0.15) is 0 Å². The number of anilines is 1. The van der Waals surface area contributed by atoms with E-state index < -0.39 is 0 Å². The summed E-state index contributed by atoms with van der Waals surface area (Å²) in [7, 11) is 1.68. The minimum Gasteiger partial charge on any atom is -0.497 e. The van der Waals surface area contributed by atoms with E-state index in [2.05, 4.69) is 85.6 Å². The van der Waals surface area contributed by atoms with Crippen LogP contribution in [-0.2, 0) is 11.2 Å². The summed E-state index contributed by atoms with van der Waals surface area (Å²) in [5, 5.41) is 0. The largest absolute Gasteiger partial charge is 0.497 e. The molecule has 3 aromatic rings. The monoisotopic (exact) mass is 486 g/mol. The minimum absolute atomic E-state index is 0.202. The van der Waals surface area contributed by atoms with E-state index in [1.165, 1.54) is 21.0 Å². The van der Waals surface area contributed by atoms with Crippen molar-refractivity contribution in [1.29, 1.82) is 0 Å². The van der Waals surface area contributed by atoms with Crippen LogP contribution >= 0.6 is 11.8 Å². The van der Waals surface area contributed by atoms with Crippen molar-refractivity contribution in [2.24, 2.45) is 0 Å². The third-order valence-electron chi connectivity index (χ3n) is 5.77. The molecule has 0 unspecified atom stereocenters. The summed E-state index contributed by atoms with van der Waals surface area (Å²) in [6.45, 7) is 12.0. The van der Waals surface area contributed by atoms with Crippen LogP contribution in [0.15, 0.2) is 108 Å². The average Bonchev–Trinajstić information content (AvgIpc) is 2.91. The Morgan fingerprint density at radius 3 is 1.91 bits per heavy atom. The molecule has 0 radical (unpaired) electrons. The summed E-state index contributed by atoms with van der Waals surface area (Å²) in [5.74, 6) is 1.06. The van der Waals surface area contributed by atoms with E-state index in [0.29, 0.717) is 6.42 Å². The van der Waals surface area contributed by atoms with Gasteiger partial charge in [0.1, 0.15) is 5.75 Å². The molecule has 1 heterocycles. The number of rotatable bonds is 7. The maximum atomic E-state index is 12.8. The highest BCUT2D eigenvalue weighted by Gasteiger charge is 2.21. The lowest BCUT2D eigenvalue weighted by Crippen LogP contribution is -2.49. The molecule has 1 aliphatic rings. The van der Waals surface area contributed by atoms with Crippen molar-refractivity contribution in [3.63, 3.8) is 0 Å². The van der Waals surface area contributed by atoms with Gasteiger partial charge in [0, 0.05) is 41.7 Å². The van der Waals surface area contributed by atoms with Crippen molar-refractivity contribution < 1.29 is 9.53 Å². The molecule has 0 aromatic heterocycles. The first-order valence-electron chi connectivity index (χ1n) is 11.8. The quantitative estimate of drug-likeness (QED) is 0.362. The normalized spacial score (nSPS) is 12.9. The van der Waals surface area contributed by atoms with Crippen LogP contribution in [0.2, 0.25) is 0 Å². The molecule has 3 aromatic carbocycles. The number of piperazine rings is 1. The number of benzene rings is 3. The summed E-state index contributed by atoms with van der Waals surface area (Å²) in [4.78, 5) is 19.5. The number of amides is 1. The lowest BCUT2D eigenvalue weighted by molar-refractivity contribution is -0.130. The molecule has 0 N–H and O–H groups in total. The fourth-order valence-corrected chi connectivity index (χ4v) is 4.53. The Morgan fingerprint density at radius 2 is 1.40 bits per heavy atom. The zero-order valence-corrected chi connectivity index (χ0v) is 21.5. The molecule has 0 aliphatic carbocycles. The lowest BCUT2D eigenvalue weighted by Gasteiger charge is -2.36. The Kier molecular flexibility index (Phi) is 10.1. The van der Waals surface area contributed by atoms with Crippen LogP contribution in [0, 0.1) is 6.92 Å². The fourth-order valence-electron chi connectivity index (χ4n) is 3.71. The van der Waals surface area contributed by atoms with E-state index in [4.69, 9.17) is 4.74 Å². The molecular formula is C30H34N2O2S. The van der Waals surface area contributed by atoms with E-state index in [1.807, 2.05) is 17.0 Å². The molecule has 0 bridgehead atoms. The molecule has 1 saturated heterocycles. The zero-order valence-electron chi connectivity index (χ0n) is 20.7. The van der Waals surface area contributed by atoms with Crippen LogP contribution in [0.1, 0.15) is 11.1 Å². The van der Waals surface area contributed by atoms with E-state index >= 15 is 0 Å². The molecule has 0 atom stereocenters. The number of hydrogen-bond donors (Lipinski definition) is 0. The molecule has 5 heteroatoms. The number of methoxy groups -OCH3 is 1. The van der Waals surface area contributed by atoms with Gasteiger partial charge >= 0.3 is 0 Å². The van der Waals surface area contributed by atoms with Crippen molar-refractivity contribution in [3.8, 4) is 5.75 Å². The topological polar surface area (TPSA) is 32.8 Å². The highest BCUT2D eigenvalue weighted by molar-refractivity contribution is 7.99. The zero-order chi connectivity index (χ0) is 25.0. The Hall–Kier alpha value is -3.44. The predicted octanol–water partition coefficient (Wildman–Crippen LogP) is 6.40. The molecule has 0 spiro atoms. The fraction of sp³-hybridized carbons (Fsp3) is 0.233. The molecular weight excluding hydrogens is 452 g/mol. The van der Waals surface area contributed by atoms with Gasteiger partial charge in [-0.05, 0) is 61.0 Å². The maximum Gasteiger partial charge on any atom is 0.227 e. The first-order chi connectivity index (χ1) is 17.0. The van der Waals surface area contributed by atoms with Gasteiger partial charge in [0.25, 0.3) is 0 Å². The molecule has 4 nitrogen and oxygen atoms in total. The van der Waals surface area contributed by atoms with Gasteiger partial charge in [-0.1, -0.05) is 66.9 Å². The van der Waals surface area contributed by atoms with Gasteiger partial charge in [-0.3, -0.25) is 4.79 Å². The van der Waals surface area contributed by atoms with Crippen LogP contribution in [0.25, 0.3) is 0 Å². The van der Waals surface area contributed by atoms with E-state index in [0.717, 1.165) is 37.5 Å². The second-order valence-corrected chi connectivity index (χ2v) is 9.42. The summed E-state index contributed by atoms with van der Waals surface area (Å²) < 4.78 is 5.23. The van der Waals surface area contributed by atoms with Crippen molar-refractivity contribution in [3.05, 3.63) is 109 Å². The van der Waals surface area contributed by atoms with Gasteiger partial charge in [0.15, 0.2) is 0 Å². The van der Waals surface area contributed by atoms with Crippen LogP contribution in [-0.4, -0.2) is 44.1 Å². The van der Waals surface area contributed by atoms with Gasteiger partial charge in [-0.25, -0.2) is 0 Å². The number of aryl methyl sites for hydroxylation is 1. The molecule has 1 amide bonds. The lowest BCUT2D eigenvalue weighted by atomic mass is 10.1. The van der Waals surface area contributed by atoms with Gasteiger partial charge < -0.3 is 14.5 Å². The third kappa shape index (κ3) is 8.08. The summed E-state index contributed by atoms with van der Waals surface area (Å²) in [6, 6.07) is 25.0. The molecule has 182 valence electrons. The third-order valence-corrected chi connectivity index (χ3v) is 6.79. The number of hydrogen-bond acceptors (Lipinski definition) is 4. The van der Waals surface area contributed by atoms with Crippen LogP contribution in [0.3, 0.4) is 0 Å². The summed E-state index contributed by atoms with van der Waals surface area (Å²) in [5.41, 5.74) is 3.51. The Labute approximate surface area is 213 Å². The number of allylic oxidation sites excluding steroid dienone is 2. The average molecular weight is 487 g/mol. The number of carbonyl (C=O) groups is 1. The summed E-state index contributed by atoms with van der Waals surface area (Å²) in [6.07, 6.45) is 3.73. The maximum absolute atomic E-state index is 12.8. The van der Waals surface area contributed by atoms with Gasteiger partial charge in [0.05, 0.1) is 13.5 Å². The Bertz CT molecular complexity index is 1080. The van der Waals surface area contributed by atoms with Crippen LogP contribution < -0.4 is 9.64 Å². The van der Waals surface area contributed by atoms with E-state index in [-0.39, 0.29) is 5.91 Å². The van der Waals surface area contributed by atoms with E-state index in [1.54, 1.807) is 31.0 Å². The van der Waals surface area contributed by atoms with Crippen molar-refractivity contribution in [1.82, 2.24) is 4.90 Å². The summed E-state index contributed by atoms with van der Waals surface area (Å²) >= 11 is 1.74. The second kappa shape index (κ2) is 13.4. The molecule has 4 rings (SSSR count). The first kappa shape index (κ1) is 26.2. The number of carbonyl (C=O) groups excluding carboxylic acids is 1. The highest BCUT2D eigenvalue weighted by Crippen LogP contribution is 2.28. The number of ether oxygens (including phenoxy) is 1. The highest BCUT2D eigenvalue weighted by atomic mass is 32.2. The Morgan fingerprint density at radius 1 is 0.857 bits per heavy atom. The van der Waals surface area contributed by atoms with Gasteiger partial charge in [-0.15, -0.1) is 0 Å². The van der Waals surface area contributed by atoms with Crippen LogP contribution in [0.5, 0.6) is 5.75 Å². The van der Waals surface area contributed by atoms with Crippen molar-refractivity contribution >= 4 is 23.4 Å². The molecule has 0 saturated carbocycles. The smallest absolute Gasteiger partial charge is 0.227 e. The second-order valence-electron chi connectivity index (χ2n) is 8.27.